The summed E-state index contributed by atoms with van der Waals surface area (Å²) in [4.78, 5) is 11.7. The summed E-state index contributed by atoms with van der Waals surface area (Å²) in [5.41, 5.74) is 0.437. The zero-order chi connectivity index (χ0) is 11.6. The van der Waals surface area contributed by atoms with Gasteiger partial charge in [-0.05, 0) is 18.6 Å². The van der Waals surface area contributed by atoms with Crippen LogP contribution >= 0.6 is 0 Å². The van der Waals surface area contributed by atoms with Gasteiger partial charge < -0.3 is 4.74 Å². The van der Waals surface area contributed by atoms with Gasteiger partial charge in [-0.25, -0.2) is 0 Å². The first-order chi connectivity index (χ1) is 7.68. The molecule has 2 nitrogen and oxygen atoms in total. The minimum Gasteiger partial charge on any atom is -0.434 e. The van der Waals surface area contributed by atoms with E-state index in [-0.39, 0.29) is 11.9 Å². The Balaban J connectivity index is 2.41. The van der Waals surface area contributed by atoms with Gasteiger partial charge in [0.05, 0.1) is 11.7 Å². The molecule has 0 fully saturated rings. The van der Waals surface area contributed by atoms with Gasteiger partial charge in [0.1, 0.15) is 0 Å². The maximum Gasteiger partial charge on any atom is 0.321 e. The van der Waals surface area contributed by atoms with Crippen molar-refractivity contribution < 1.29 is 9.53 Å². The molecular formula is C14H14O2. The molecule has 1 heterocycles. The Kier molecular flexibility index (Phi) is 2.65. The van der Waals surface area contributed by atoms with Gasteiger partial charge in [-0.15, -0.1) is 6.58 Å². The molecule has 0 bridgehead atoms. The Labute approximate surface area is 95.2 Å². The van der Waals surface area contributed by atoms with E-state index in [1.54, 1.807) is 12.2 Å². The molecule has 0 spiro atoms. The Hall–Kier alpha value is -1.83. The van der Waals surface area contributed by atoms with Crippen LogP contribution in [0.1, 0.15) is 18.4 Å². The maximum absolute atomic E-state index is 11.7. The maximum atomic E-state index is 11.7. The summed E-state index contributed by atoms with van der Waals surface area (Å²) in [5, 5.41) is 0. The van der Waals surface area contributed by atoms with Crippen LogP contribution in [0, 0.1) is 5.41 Å². The van der Waals surface area contributed by atoms with E-state index >= 15 is 0 Å². The number of esters is 1. The lowest BCUT2D eigenvalue weighted by Gasteiger charge is -2.27. The summed E-state index contributed by atoms with van der Waals surface area (Å²) in [5.74, 6) is -0.277. The van der Waals surface area contributed by atoms with Gasteiger partial charge in [-0.2, -0.15) is 0 Å². The Bertz CT molecular complexity index is 433. The number of carbonyl (C=O) groups is 1. The summed E-state index contributed by atoms with van der Waals surface area (Å²) in [7, 11) is 0. The summed E-state index contributed by atoms with van der Waals surface area (Å²) in [6.07, 6.45) is 5.06. The second kappa shape index (κ2) is 3.97. The van der Waals surface area contributed by atoms with E-state index in [0.29, 0.717) is 0 Å². The third-order valence-corrected chi connectivity index (χ3v) is 3.07. The fourth-order valence-electron chi connectivity index (χ4n) is 2.05. The van der Waals surface area contributed by atoms with E-state index < -0.39 is 5.41 Å². The van der Waals surface area contributed by atoms with E-state index in [1.165, 1.54) is 6.26 Å². The summed E-state index contributed by atoms with van der Waals surface area (Å²) >= 11 is 0. The van der Waals surface area contributed by atoms with Crippen LogP contribution in [-0.4, -0.2) is 5.97 Å². The number of hydrogen-bond donors (Lipinski definition) is 0. The van der Waals surface area contributed by atoms with Crippen LogP contribution < -0.4 is 0 Å². The van der Waals surface area contributed by atoms with Gasteiger partial charge in [-0.3, -0.25) is 4.79 Å². The SMILES string of the molecule is C=C[C@@H](c1ccccc1)[C@@]1(C)C=COC1=O. The largest absolute Gasteiger partial charge is 0.434 e. The molecule has 1 aromatic rings. The molecule has 0 radical (unpaired) electrons. The third-order valence-electron chi connectivity index (χ3n) is 3.07. The highest BCUT2D eigenvalue weighted by molar-refractivity contribution is 5.83. The molecule has 0 N–H and O–H groups in total. The number of rotatable bonds is 3. The topological polar surface area (TPSA) is 26.3 Å². The molecule has 0 amide bonds. The fraction of sp³-hybridized carbons (Fsp3) is 0.214. The molecule has 2 heteroatoms. The second-order valence-corrected chi connectivity index (χ2v) is 4.11. The molecule has 82 valence electrons. The smallest absolute Gasteiger partial charge is 0.321 e. The molecule has 2 rings (SSSR count). The lowest BCUT2D eigenvalue weighted by molar-refractivity contribution is -0.143. The van der Waals surface area contributed by atoms with Crippen molar-refractivity contribution in [3.63, 3.8) is 0 Å². The molecule has 0 saturated carbocycles. The number of ether oxygens (including phenoxy) is 1. The molecule has 0 saturated heterocycles. The number of cyclic esters (lactones) is 1. The van der Waals surface area contributed by atoms with Crippen molar-refractivity contribution in [3.05, 3.63) is 60.9 Å². The highest BCUT2D eigenvalue weighted by atomic mass is 16.5. The summed E-state index contributed by atoms with van der Waals surface area (Å²) in [6.45, 7) is 5.69. The van der Waals surface area contributed by atoms with E-state index in [4.69, 9.17) is 4.74 Å². The zero-order valence-electron chi connectivity index (χ0n) is 9.22. The van der Waals surface area contributed by atoms with Crippen LogP contribution in [0.4, 0.5) is 0 Å². The molecule has 1 aliphatic heterocycles. The Morgan fingerprint density at radius 3 is 2.56 bits per heavy atom. The van der Waals surface area contributed by atoms with Gasteiger partial charge in [0.2, 0.25) is 0 Å². The first kappa shape index (κ1) is 10.7. The van der Waals surface area contributed by atoms with Crippen LogP contribution in [0.5, 0.6) is 0 Å². The van der Waals surface area contributed by atoms with Crippen LogP contribution in [0.2, 0.25) is 0 Å². The Morgan fingerprint density at radius 2 is 2.06 bits per heavy atom. The predicted octanol–water partition coefficient (Wildman–Crippen LogP) is 3.03. The van der Waals surface area contributed by atoms with Gasteiger partial charge in [0, 0.05) is 5.92 Å². The van der Waals surface area contributed by atoms with Crippen molar-refractivity contribution in [2.75, 3.05) is 0 Å². The number of carbonyl (C=O) groups excluding carboxylic acids is 1. The molecule has 2 atom stereocenters. The fourth-order valence-corrected chi connectivity index (χ4v) is 2.05. The molecule has 0 aliphatic carbocycles. The van der Waals surface area contributed by atoms with Crippen LogP contribution in [0.25, 0.3) is 0 Å². The average Bonchev–Trinajstić information content (AvgIpc) is 2.62. The van der Waals surface area contributed by atoms with Crippen molar-refractivity contribution in [1.82, 2.24) is 0 Å². The van der Waals surface area contributed by atoms with Gasteiger partial charge >= 0.3 is 5.97 Å². The highest BCUT2D eigenvalue weighted by Gasteiger charge is 2.42. The minimum absolute atomic E-state index is 0.0556. The van der Waals surface area contributed by atoms with Gasteiger partial charge in [-0.1, -0.05) is 36.4 Å². The summed E-state index contributed by atoms with van der Waals surface area (Å²) < 4.78 is 4.91. The standard InChI is InChI=1S/C14H14O2/c1-3-12(11-7-5-4-6-8-11)14(2)9-10-16-13(14)15/h3-10,12H,1H2,2H3/t12-,14+/m0/s1. The molecule has 16 heavy (non-hydrogen) atoms. The number of benzene rings is 1. The monoisotopic (exact) mass is 214 g/mol. The van der Waals surface area contributed by atoms with Crippen LogP contribution in [0.3, 0.4) is 0 Å². The highest BCUT2D eigenvalue weighted by Crippen LogP contribution is 2.41. The number of allylic oxidation sites excluding steroid dienone is 1. The van der Waals surface area contributed by atoms with Crippen molar-refractivity contribution >= 4 is 5.97 Å². The van der Waals surface area contributed by atoms with Crippen LogP contribution in [-0.2, 0) is 9.53 Å². The van der Waals surface area contributed by atoms with Gasteiger partial charge in [0.25, 0.3) is 0 Å². The predicted molar refractivity (Wildman–Crippen MR) is 62.7 cm³/mol. The third kappa shape index (κ3) is 1.56. The minimum atomic E-state index is -0.636. The molecule has 1 aliphatic rings. The van der Waals surface area contributed by atoms with Crippen LogP contribution in [0.15, 0.2) is 55.3 Å². The zero-order valence-corrected chi connectivity index (χ0v) is 9.22. The molecular weight excluding hydrogens is 200 g/mol. The molecule has 0 aromatic heterocycles. The van der Waals surface area contributed by atoms with E-state index in [0.717, 1.165) is 5.56 Å². The van der Waals surface area contributed by atoms with Crippen molar-refractivity contribution in [2.24, 2.45) is 5.41 Å². The van der Waals surface area contributed by atoms with Crippen molar-refractivity contribution in [2.45, 2.75) is 12.8 Å². The summed E-state index contributed by atoms with van der Waals surface area (Å²) in [6, 6.07) is 9.86. The van der Waals surface area contributed by atoms with Crippen molar-refractivity contribution in [1.29, 1.82) is 0 Å². The van der Waals surface area contributed by atoms with E-state index in [2.05, 4.69) is 6.58 Å². The number of hydrogen-bond acceptors (Lipinski definition) is 2. The lowest BCUT2D eigenvalue weighted by Crippen LogP contribution is -2.29. The van der Waals surface area contributed by atoms with Crippen molar-refractivity contribution in [3.8, 4) is 0 Å². The van der Waals surface area contributed by atoms with Gasteiger partial charge in [0.15, 0.2) is 0 Å². The molecule has 0 unspecified atom stereocenters. The first-order valence-corrected chi connectivity index (χ1v) is 5.25. The quantitative estimate of drug-likeness (QED) is 0.571. The lowest BCUT2D eigenvalue weighted by atomic mass is 9.74. The second-order valence-electron chi connectivity index (χ2n) is 4.11. The first-order valence-electron chi connectivity index (χ1n) is 5.25. The molecule has 1 aromatic carbocycles. The van der Waals surface area contributed by atoms with E-state index in [9.17, 15) is 4.79 Å². The normalized spacial score (nSPS) is 25.2. The van der Waals surface area contributed by atoms with E-state index in [1.807, 2.05) is 37.3 Å². The average molecular weight is 214 g/mol. The Morgan fingerprint density at radius 1 is 1.38 bits per heavy atom.